The largest absolute Gasteiger partial charge is 0.330 e. The molecule has 2 heteroatoms. The van der Waals surface area contributed by atoms with E-state index in [4.69, 9.17) is 17.3 Å². The first-order valence-corrected chi connectivity index (χ1v) is 4.45. The second-order valence-corrected chi connectivity index (χ2v) is 3.55. The molecule has 0 aromatic heterocycles. The van der Waals surface area contributed by atoms with Crippen molar-refractivity contribution in [2.45, 2.75) is 44.4 Å². The Labute approximate surface area is 68.9 Å². The first kappa shape index (κ1) is 10.2. The van der Waals surface area contributed by atoms with Crippen molar-refractivity contribution in [2.75, 3.05) is 6.54 Å². The number of hydrogen-bond acceptors (Lipinski definition) is 1. The molecular weight excluding hydrogens is 146 g/mol. The summed E-state index contributed by atoms with van der Waals surface area (Å²) in [7, 11) is 0. The summed E-state index contributed by atoms with van der Waals surface area (Å²) in [6.45, 7) is 5.02. The Bertz CT molecular complexity index is 79.3. The van der Waals surface area contributed by atoms with Crippen LogP contribution in [0.1, 0.15) is 39.5 Å². The Kier molecular flexibility index (Phi) is 5.10. The summed E-state index contributed by atoms with van der Waals surface area (Å²) >= 11 is 6.23. The van der Waals surface area contributed by atoms with E-state index >= 15 is 0 Å². The molecule has 0 aliphatic heterocycles. The van der Waals surface area contributed by atoms with Crippen molar-refractivity contribution in [3.63, 3.8) is 0 Å². The van der Waals surface area contributed by atoms with Gasteiger partial charge in [0, 0.05) is 4.87 Å². The first-order chi connectivity index (χ1) is 4.68. The predicted molar refractivity (Wildman–Crippen MR) is 47.5 cm³/mol. The van der Waals surface area contributed by atoms with Gasteiger partial charge >= 0.3 is 0 Å². The zero-order valence-corrected chi connectivity index (χ0v) is 7.75. The van der Waals surface area contributed by atoms with Gasteiger partial charge in [0.1, 0.15) is 0 Å². The minimum absolute atomic E-state index is 0.0272. The van der Waals surface area contributed by atoms with E-state index in [0.29, 0.717) is 0 Å². The van der Waals surface area contributed by atoms with Crippen molar-refractivity contribution in [2.24, 2.45) is 5.73 Å². The molecule has 0 aliphatic rings. The van der Waals surface area contributed by atoms with Crippen LogP contribution in [-0.2, 0) is 0 Å². The fraction of sp³-hybridized carbons (Fsp3) is 1.00. The molecule has 1 nitrogen and oxygen atoms in total. The first-order valence-electron chi connectivity index (χ1n) is 4.07. The Hall–Kier alpha value is 0.250. The summed E-state index contributed by atoms with van der Waals surface area (Å²) < 4.78 is 0. The molecule has 0 saturated heterocycles. The van der Waals surface area contributed by atoms with E-state index in [1.807, 2.05) is 0 Å². The summed E-state index contributed by atoms with van der Waals surface area (Å²) in [4.78, 5) is 0.0272. The average Bonchev–Trinajstić information content (AvgIpc) is 2.00. The quantitative estimate of drug-likeness (QED) is 0.620. The zero-order valence-electron chi connectivity index (χ0n) is 6.99. The third-order valence-corrected chi connectivity index (χ3v) is 2.82. The second kappa shape index (κ2) is 4.97. The van der Waals surface area contributed by atoms with Crippen molar-refractivity contribution >= 4 is 11.6 Å². The fourth-order valence-electron chi connectivity index (χ4n) is 1.02. The highest BCUT2D eigenvalue weighted by Gasteiger charge is 2.20. The van der Waals surface area contributed by atoms with Crippen LogP contribution in [0.2, 0.25) is 0 Å². The average molecular weight is 164 g/mol. The van der Waals surface area contributed by atoms with E-state index in [1.54, 1.807) is 0 Å². The van der Waals surface area contributed by atoms with E-state index in [-0.39, 0.29) is 4.87 Å². The van der Waals surface area contributed by atoms with Gasteiger partial charge in [0.2, 0.25) is 0 Å². The van der Waals surface area contributed by atoms with Crippen LogP contribution in [0, 0.1) is 0 Å². The van der Waals surface area contributed by atoms with Crippen LogP contribution in [0.4, 0.5) is 0 Å². The van der Waals surface area contributed by atoms with Gasteiger partial charge < -0.3 is 5.73 Å². The molecule has 10 heavy (non-hydrogen) atoms. The van der Waals surface area contributed by atoms with Crippen molar-refractivity contribution in [3.8, 4) is 0 Å². The lowest BCUT2D eigenvalue weighted by Crippen LogP contribution is -2.20. The molecule has 0 bridgehead atoms. The Morgan fingerprint density at radius 1 is 1.30 bits per heavy atom. The van der Waals surface area contributed by atoms with Gasteiger partial charge in [-0.1, -0.05) is 13.8 Å². The van der Waals surface area contributed by atoms with Crippen molar-refractivity contribution in [1.29, 1.82) is 0 Å². The van der Waals surface area contributed by atoms with Crippen LogP contribution in [0.3, 0.4) is 0 Å². The summed E-state index contributed by atoms with van der Waals surface area (Å²) in [5, 5.41) is 0. The molecule has 0 spiro atoms. The maximum absolute atomic E-state index is 6.23. The Morgan fingerprint density at radius 2 is 1.80 bits per heavy atom. The summed E-state index contributed by atoms with van der Waals surface area (Å²) in [5.41, 5.74) is 5.39. The van der Waals surface area contributed by atoms with Gasteiger partial charge in [-0.3, -0.25) is 0 Å². The maximum Gasteiger partial charge on any atom is 0.0442 e. The van der Waals surface area contributed by atoms with Gasteiger partial charge in [0.15, 0.2) is 0 Å². The van der Waals surface area contributed by atoms with Gasteiger partial charge in [-0.2, -0.15) is 0 Å². The molecule has 0 saturated carbocycles. The van der Waals surface area contributed by atoms with Gasteiger partial charge in [0.25, 0.3) is 0 Å². The number of hydrogen-bond donors (Lipinski definition) is 1. The highest BCUT2D eigenvalue weighted by Crippen LogP contribution is 2.28. The summed E-state index contributed by atoms with van der Waals surface area (Å²) in [6.07, 6.45) is 4.19. The Balaban J connectivity index is 3.58. The molecule has 0 rings (SSSR count). The van der Waals surface area contributed by atoms with Crippen LogP contribution in [-0.4, -0.2) is 11.4 Å². The van der Waals surface area contributed by atoms with Crippen LogP contribution < -0.4 is 5.73 Å². The highest BCUT2D eigenvalue weighted by molar-refractivity contribution is 6.23. The number of rotatable bonds is 5. The molecule has 0 atom stereocenters. The van der Waals surface area contributed by atoms with Gasteiger partial charge in [0.05, 0.1) is 0 Å². The zero-order chi connectivity index (χ0) is 8.04. The van der Waals surface area contributed by atoms with E-state index in [2.05, 4.69) is 13.8 Å². The summed E-state index contributed by atoms with van der Waals surface area (Å²) in [5.74, 6) is 0. The summed E-state index contributed by atoms with van der Waals surface area (Å²) in [6, 6.07) is 0. The van der Waals surface area contributed by atoms with Crippen LogP contribution in [0.15, 0.2) is 0 Å². The van der Waals surface area contributed by atoms with Crippen LogP contribution in [0.25, 0.3) is 0 Å². The van der Waals surface area contributed by atoms with E-state index in [1.165, 1.54) is 0 Å². The van der Waals surface area contributed by atoms with Crippen molar-refractivity contribution in [3.05, 3.63) is 0 Å². The SMILES string of the molecule is CCC(Cl)(CC)CCCN. The standard InChI is InChI=1S/C8H18ClN/c1-3-8(9,4-2)6-5-7-10/h3-7,10H2,1-2H3. The molecular formula is C8H18ClN. The lowest BCUT2D eigenvalue weighted by molar-refractivity contribution is 0.482. The third kappa shape index (κ3) is 3.43. The fourth-order valence-corrected chi connectivity index (χ4v) is 1.16. The minimum Gasteiger partial charge on any atom is -0.330 e. The molecule has 0 aromatic carbocycles. The lowest BCUT2D eigenvalue weighted by Gasteiger charge is -2.23. The van der Waals surface area contributed by atoms with Crippen molar-refractivity contribution in [1.82, 2.24) is 0 Å². The van der Waals surface area contributed by atoms with Crippen LogP contribution >= 0.6 is 11.6 Å². The third-order valence-electron chi connectivity index (χ3n) is 2.10. The molecule has 0 amide bonds. The van der Waals surface area contributed by atoms with E-state index in [9.17, 15) is 0 Å². The van der Waals surface area contributed by atoms with Gasteiger partial charge in [-0.05, 0) is 32.2 Å². The van der Waals surface area contributed by atoms with Crippen LogP contribution in [0.5, 0.6) is 0 Å². The molecule has 0 unspecified atom stereocenters. The van der Waals surface area contributed by atoms with Crippen molar-refractivity contribution < 1.29 is 0 Å². The highest BCUT2D eigenvalue weighted by atomic mass is 35.5. The molecule has 2 N–H and O–H groups in total. The molecule has 0 radical (unpaired) electrons. The Morgan fingerprint density at radius 3 is 2.10 bits per heavy atom. The normalized spacial score (nSPS) is 12.0. The molecule has 0 heterocycles. The van der Waals surface area contributed by atoms with Gasteiger partial charge in [-0.15, -0.1) is 11.6 Å². The smallest absolute Gasteiger partial charge is 0.0442 e. The monoisotopic (exact) mass is 163 g/mol. The molecule has 0 aromatic rings. The maximum atomic E-state index is 6.23. The molecule has 0 aliphatic carbocycles. The number of alkyl halides is 1. The van der Waals surface area contributed by atoms with Gasteiger partial charge in [-0.25, -0.2) is 0 Å². The minimum atomic E-state index is 0.0272. The number of nitrogens with two attached hydrogens (primary N) is 1. The predicted octanol–water partition coefficient (Wildman–Crippen LogP) is 2.52. The number of halogens is 1. The molecule has 62 valence electrons. The molecule has 0 fully saturated rings. The second-order valence-electron chi connectivity index (χ2n) is 2.75. The lowest BCUT2D eigenvalue weighted by atomic mass is 9.96. The van der Waals surface area contributed by atoms with E-state index in [0.717, 1.165) is 32.2 Å². The topological polar surface area (TPSA) is 26.0 Å². The van der Waals surface area contributed by atoms with E-state index < -0.39 is 0 Å².